The number of nitrogens with two attached hydrogens (primary N) is 3. The fourth-order valence-corrected chi connectivity index (χ4v) is 1.19. The Kier molecular flexibility index (Phi) is 2.06. The number of hydrogen-bond acceptors (Lipinski definition) is 5. The van der Waals surface area contributed by atoms with Crippen LogP contribution in [0.3, 0.4) is 0 Å². The van der Waals surface area contributed by atoms with Gasteiger partial charge in [-0.3, -0.25) is 4.79 Å². The topological polar surface area (TPSA) is 108 Å². The molecule has 0 aliphatic heterocycles. The molecule has 0 aliphatic rings. The number of carbonyl (C=O) groups is 1. The smallest absolute Gasteiger partial charge is 0.240 e. The maximum absolute atomic E-state index is 10.5. The molecule has 6 N–H and O–H groups in total. The standard InChI is InChI=1S/C5H8N4OS/c6-3(4(7)10)2-1-11-5(8)9-2/h1,3H,6H2,(H2,7,10)(H2,8,9)/t3-/m1/s1. The highest BCUT2D eigenvalue weighted by Crippen LogP contribution is 2.15. The van der Waals surface area contributed by atoms with Gasteiger partial charge >= 0.3 is 0 Å². The molecule has 0 unspecified atom stereocenters. The predicted molar refractivity (Wildman–Crippen MR) is 42.6 cm³/mol. The highest BCUT2D eigenvalue weighted by Gasteiger charge is 2.14. The number of hydrogen-bond donors (Lipinski definition) is 3. The van der Waals surface area contributed by atoms with E-state index in [9.17, 15) is 4.79 Å². The molecule has 0 saturated carbocycles. The molecule has 1 amide bonds. The maximum atomic E-state index is 10.5. The van der Waals surface area contributed by atoms with Gasteiger partial charge in [0.2, 0.25) is 5.91 Å². The van der Waals surface area contributed by atoms with Crippen LogP contribution in [-0.2, 0) is 4.79 Å². The molecular weight excluding hydrogens is 164 g/mol. The second-order valence-electron chi connectivity index (χ2n) is 1.99. The van der Waals surface area contributed by atoms with Crippen LogP contribution in [0.4, 0.5) is 5.13 Å². The summed E-state index contributed by atoms with van der Waals surface area (Å²) < 4.78 is 0. The minimum atomic E-state index is -0.844. The van der Waals surface area contributed by atoms with Crippen molar-refractivity contribution in [3.05, 3.63) is 11.1 Å². The van der Waals surface area contributed by atoms with Gasteiger partial charge in [-0.2, -0.15) is 0 Å². The Hall–Kier alpha value is -1.14. The van der Waals surface area contributed by atoms with Gasteiger partial charge in [-0.1, -0.05) is 0 Å². The second kappa shape index (κ2) is 2.85. The highest BCUT2D eigenvalue weighted by molar-refractivity contribution is 7.13. The Morgan fingerprint density at radius 2 is 2.36 bits per heavy atom. The molecule has 0 fully saturated rings. The summed E-state index contributed by atoms with van der Waals surface area (Å²) in [6, 6.07) is -0.844. The summed E-state index contributed by atoms with van der Waals surface area (Å²) in [4.78, 5) is 14.3. The molecular formula is C5H8N4OS. The Morgan fingerprint density at radius 3 is 2.73 bits per heavy atom. The van der Waals surface area contributed by atoms with Crippen molar-refractivity contribution in [2.24, 2.45) is 11.5 Å². The molecule has 1 heterocycles. The molecule has 0 bridgehead atoms. The Bertz CT molecular complexity index is 271. The van der Waals surface area contributed by atoms with Crippen molar-refractivity contribution >= 4 is 22.4 Å². The maximum Gasteiger partial charge on any atom is 0.240 e. The van der Waals surface area contributed by atoms with Gasteiger partial charge in [0.15, 0.2) is 5.13 Å². The SMILES string of the molecule is NC(=O)[C@H](N)c1csc(N)n1. The van der Waals surface area contributed by atoms with Gasteiger partial charge < -0.3 is 17.2 Å². The van der Waals surface area contributed by atoms with Crippen LogP contribution in [0.15, 0.2) is 5.38 Å². The molecule has 60 valence electrons. The van der Waals surface area contributed by atoms with Crippen molar-refractivity contribution in [3.8, 4) is 0 Å². The van der Waals surface area contributed by atoms with Crippen LogP contribution in [0.5, 0.6) is 0 Å². The number of rotatable bonds is 2. The molecule has 1 rings (SSSR count). The monoisotopic (exact) mass is 172 g/mol. The van der Waals surface area contributed by atoms with E-state index in [-0.39, 0.29) is 0 Å². The van der Waals surface area contributed by atoms with E-state index in [0.29, 0.717) is 10.8 Å². The molecule has 11 heavy (non-hydrogen) atoms. The van der Waals surface area contributed by atoms with Gasteiger partial charge in [0.25, 0.3) is 0 Å². The molecule has 1 aromatic heterocycles. The van der Waals surface area contributed by atoms with E-state index in [0.717, 1.165) is 0 Å². The van der Waals surface area contributed by atoms with Crippen molar-refractivity contribution in [2.45, 2.75) is 6.04 Å². The molecule has 0 aromatic carbocycles. The van der Waals surface area contributed by atoms with Crippen molar-refractivity contribution in [1.82, 2.24) is 4.98 Å². The van der Waals surface area contributed by atoms with Crippen LogP contribution in [0, 0.1) is 0 Å². The Morgan fingerprint density at radius 1 is 1.73 bits per heavy atom. The van der Waals surface area contributed by atoms with Crippen molar-refractivity contribution < 1.29 is 4.79 Å². The average Bonchev–Trinajstić information content (AvgIpc) is 2.34. The fraction of sp³-hybridized carbons (Fsp3) is 0.200. The minimum absolute atomic E-state index is 0.386. The summed E-state index contributed by atoms with van der Waals surface area (Å²) in [5, 5.41) is 2.00. The van der Waals surface area contributed by atoms with Crippen LogP contribution in [0.1, 0.15) is 11.7 Å². The van der Waals surface area contributed by atoms with Crippen LogP contribution < -0.4 is 17.2 Å². The summed E-state index contributed by atoms with van der Waals surface area (Å²) in [5.41, 5.74) is 16.0. The van der Waals surface area contributed by atoms with Gasteiger partial charge in [-0.15, -0.1) is 11.3 Å². The number of nitrogen functional groups attached to an aromatic ring is 1. The lowest BCUT2D eigenvalue weighted by atomic mass is 10.2. The molecule has 1 atom stereocenters. The van der Waals surface area contributed by atoms with E-state index in [4.69, 9.17) is 17.2 Å². The van der Waals surface area contributed by atoms with Crippen molar-refractivity contribution in [3.63, 3.8) is 0 Å². The zero-order chi connectivity index (χ0) is 8.43. The molecule has 0 radical (unpaired) electrons. The Balaban J connectivity index is 2.84. The quantitative estimate of drug-likeness (QED) is 0.543. The summed E-state index contributed by atoms with van der Waals surface area (Å²) in [6.45, 7) is 0. The number of aromatic nitrogens is 1. The first-order valence-corrected chi connectivity index (χ1v) is 3.75. The third-order valence-corrected chi connectivity index (χ3v) is 1.86. The number of amides is 1. The average molecular weight is 172 g/mol. The lowest BCUT2D eigenvalue weighted by molar-refractivity contribution is -0.119. The molecule has 5 nitrogen and oxygen atoms in total. The van der Waals surface area contributed by atoms with Crippen LogP contribution in [-0.4, -0.2) is 10.9 Å². The number of carbonyl (C=O) groups excluding carboxylic acids is 1. The van der Waals surface area contributed by atoms with Gasteiger partial charge in [-0.05, 0) is 0 Å². The van der Waals surface area contributed by atoms with Gasteiger partial charge in [0.1, 0.15) is 6.04 Å². The van der Waals surface area contributed by atoms with Crippen LogP contribution >= 0.6 is 11.3 Å². The lowest BCUT2D eigenvalue weighted by Gasteiger charge is -2.00. The largest absolute Gasteiger partial charge is 0.375 e. The number of anilines is 1. The van der Waals surface area contributed by atoms with E-state index < -0.39 is 11.9 Å². The first-order chi connectivity index (χ1) is 5.11. The molecule has 0 aliphatic carbocycles. The molecule has 0 saturated heterocycles. The zero-order valence-corrected chi connectivity index (χ0v) is 6.47. The van der Waals surface area contributed by atoms with Gasteiger partial charge in [-0.25, -0.2) is 4.98 Å². The van der Waals surface area contributed by atoms with Crippen molar-refractivity contribution in [2.75, 3.05) is 5.73 Å². The van der Waals surface area contributed by atoms with E-state index in [1.54, 1.807) is 5.38 Å². The summed E-state index contributed by atoms with van der Waals surface area (Å²) in [6.07, 6.45) is 0. The third-order valence-electron chi connectivity index (χ3n) is 1.16. The predicted octanol–water partition coefficient (Wildman–Crippen LogP) is -0.790. The zero-order valence-electron chi connectivity index (χ0n) is 5.65. The van der Waals surface area contributed by atoms with E-state index >= 15 is 0 Å². The minimum Gasteiger partial charge on any atom is -0.375 e. The summed E-state index contributed by atoms with van der Waals surface area (Å²) in [7, 11) is 0. The lowest BCUT2D eigenvalue weighted by Crippen LogP contribution is -2.28. The summed E-state index contributed by atoms with van der Waals surface area (Å²) >= 11 is 1.23. The molecule has 6 heteroatoms. The third kappa shape index (κ3) is 1.66. The number of nitrogens with zero attached hydrogens (tertiary/aromatic N) is 1. The highest BCUT2D eigenvalue weighted by atomic mass is 32.1. The first-order valence-electron chi connectivity index (χ1n) is 2.87. The fourth-order valence-electron chi connectivity index (χ4n) is 0.589. The number of primary amides is 1. The number of thiazole rings is 1. The van der Waals surface area contributed by atoms with E-state index in [1.165, 1.54) is 11.3 Å². The molecule has 1 aromatic rings. The van der Waals surface area contributed by atoms with Gasteiger partial charge in [0, 0.05) is 5.38 Å². The van der Waals surface area contributed by atoms with E-state index in [2.05, 4.69) is 4.98 Å². The van der Waals surface area contributed by atoms with Crippen LogP contribution in [0.25, 0.3) is 0 Å². The Labute approximate surface area is 67.2 Å². The normalized spacial score (nSPS) is 12.8. The first kappa shape index (κ1) is 7.96. The van der Waals surface area contributed by atoms with Crippen LogP contribution in [0.2, 0.25) is 0 Å². The molecule has 0 spiro atoms. The van der Waals surface area contributed by atoms with Crippen molar-refractivity contribution in [1.29, 1.82) is 0 Å². The second-order valence-corrected chi connectivity index (χ2v) is 2.88. The summed E-state index contributed by atoms with van der Waals surface area (Å²) in [5.74, 6) is -0.602. The van der Waals surface area contributed by atoms with Gasteiger partial charge in [0.05, 0.1) is 5.69 Å². The van der Waals surface area contributed by atoms with E-state index in [1.807, 2.05) is 0 Å².